The first-order valence-corrected chi connectivity index (χ1v) is 5.23. The standard InChI is InChI=1S/C10H22N2/c1-3-9(11)8-12-10(4-2)6-5-7-10/h9,12H,3-8,11H2,1-2H3. The van der Waals surface area contributed by atoms with E-state index < -0.39 is 0 Å². The molecule has 2 nitrogen and oxygen atoms in total. The molecule has 0 bridgehead atoms. The molecule has 3 N–H and O–H groups in total. The van der Waals surface area contributed by atoms with Crippen molar-refractivity contribution in [3.05, 3.63) is 0 Å². The van der Waals surface area contributed by atoms with Crippen molar-refractivity contribution >= 4 is 0 Å². The molecule has 1 fully saturated rings. The zero-order valence-corrected chi connectivity index (χ0v) is 8.40. The fraction of sp³-hybridized carbons (Fsp3) is 1.00. The Balaban J connectivity index is 2.20. The van der Waals surface area contributed by atoms with Crippen LogP contribution >= 0.6 is 0 Å². The second kappa shape index (κ2) is 4.24. The van der Waals surface area contributed by atoms with Gasteiger partial charge in [-0.15, -0.1) is 0 Å². The number of hydrogen-bond donors (Lipinski definition) is 2. The Morgan fingerprint density at radius 3 is 2.42 bits per heavy atom. The van der Waals surface area contributed by atoms with Gasteiger partial charge >= 0.3 is 0 Å². The Kier molecular flexibility index (Phi) is 3.53. The summed E-state index contributed by atoms with van der Waals surface area (Å²) in [6.45, 7) is 5.40. The van der Waals surface area contributed by atoms with Crippen LogP contribution in [0, 0.1) is 0 Å². The first kappa shape index (κ1) is 10.0. The summed E-state index contributed by atoms with van der Waals surface area (Å²) in [5, 5.41) is 3.61. The van der Waals surface area contributed by atoms with Crippen LogP contribution in [-0.2, 0) is 0 Å². The molecule has 0 aromatic rings. The van der Waals surface area contributed by atoms with E-state index in [1.165, 1.54) is 25.7 Å². The van der Waals surface area contributed by atoms with E-state index in [1.54, 1.807) is 0 Å². The van der Waals surface area contributed by atoms with Gasteiger partial charge in [0.25, 0.3) is 0 Å². The van der Waals surface area contributed by atoms with E-state index in [0.717, 1.165) is 13.0 Å². The maximum Gasteiger partial charge on any atom is 0.0179 e. The maximum absolute atomic E-state index is 5.85. The summed E-state index contributed by atoms with van der Waals surface area (Å²) in [5.74, 6) is 0. The molecule has 2 heteroatoms. The molecule has 72 valence electrons. The summed E-state index contributed by atoms with van der Waals surface area (Å²) in [5.41, 5.74) is 6.32. The Labute approximate surface area is 75.9 Å². The topological polar surface area (TPSA) is 38.0 Å². The molecule has 0 aromatic heterocycles. The highest BCUT2D eigenvalue weighted by molar-refractivity contribution is 4.95. The summed E-state index contributed by atoms with van der Waals surface area (Å²) < 4.78 is 0. The first-order valence-electron chi connectivity index (χ1n) is 5.23. The van der Waals surface area contributed by atoms with Gasteiger partial charge in [0, 0.05) is 18.1 Å². The molecule has 1 saturated carbocycles. The third-order valence-corrected chi connectivity index (χ3v) is 3.25. The van der Waals surface area contributed by atoms with Crippen LogP contribution in [0.1, 0.15) is 46.0 Å². The lowest BCUT2D eigenvalue weighted by Crippen LogP contribution is -2.53. The second-order valence-corrected chi connectivity index (χ2v) is 4.04. The largest absolute Gasteiger partial charge is 0.327 e. The van der Waals surface area contributed by atoms with Crippen LogP contribution in [0.4, 0.5) is 0 Å². The molecule has 1 unspecified atom stereocenters. The van der Waals surface area contributed by atoms with E-state index >= 15 is 0 Å². The van der Waals surface area contributed by atoms with Gasteiger partial charge in [-0.3, -0.25) is 0 Å². The van der Waals surface area contributed by atoms with E-state index in [4.69, 9.17) is 5.73 Å². The molecule has 12 heavy (non-hydrogen) atoms. The van der Waals surface area contributed by atoms with Gasteiger partial charge in [-0.2, -0.15) is 0 Å². The third-order valence-electron chi connectivity index (χ3n) is 3.25. The summed E-state index contributed by atoms with van der Waals surface area (Å²) in [7, 11) is 0. The smallest absolute Gasteiger partial charge is 0.0179 e. The lowest BCUT2D eigenvalue weighted by atomic mass is 9.75. The number of nitrogens with one attached hydrogen (secondary N) is 1. The van der Waals surface area contributed by atoms with Crippen molar-refractivity contribution in [2.24, 2.45) is 5.73 Å². The molecule has 1 aliphatic rings. The molecule has 0 saturated heterocycles. The molecule has 1 rings (SSSR count). The lowest BCUT2D eigenvalue weighted by molar-refractivity contribution is 0.174. The average molecular weight is 170 g/mol. The van der Waals surface area contributed by atoms with Crippen LogP contribution in [0.15, 0.2) is 0 Å². The molecule has 0 spiro atoms. The Morgan fingerprint density at radius 2 is 2.08 bits per heavy atom. The van der Waals surface area contributed by atoms with Crippen molar-refractivity contribution in [3.63, 3.8) is 0 Å². The third kappa shape index (κ3) is 2.20. The van der Waals surface area contributed by atoms with Gasteiger partial charge in [0.05, 0.1) is 0 Å². The highest BCUT2D eigenvalue weighted by Gasteiger charge is 2.34. The normalized spacial score (nSPS) is 23.2. The van der Waals surface area contributed by atoms with Crippen LogP contribution in [0.2, 0.25) is 0 Å². The van der Waals surface area contributed by atoms with Gasteiger partial charge < -0.3 is 11.1 Å². The molecule has 0 amide bonds. The Hall–Kier alpha value is -0.0800. The molecule has 0 radical (unpaired) electrons. The van der Waals surface area contributed by atoms with Crippen LogP contribution in [0.3, 0.4) is 0 Å². The lowest BCUT2D eigenvalue weighted by Gasteiger charge is -2.43. The van der Waals surface area contributed by atoms with Crippen LogP contribution in [-0.4, -0.2) is 18.1 Å². The van der Waals surface area contributed by atoms with Gasteiger partial charge in [0.1, 0.15) is 0 Å². The molecule has 0 heterocycles. The van der Waals surface area contributed by atoms with E-state index in [-0.39, 0.29) is 0 Å². The zero-order chi connectivity index (χ0) is 9.03. The molecule has 1 aliphatic carbocycles. The Morgan fingerprint density at radius 1 is 1.42 bits per heavy atom. The quantitative estimate of drug-likeness (QED) is 0.658. The van der Waals surface area contributed by atoms with Crippen molar-refractivity contribution < 1.29 is 0 Å². The molecular formula is C10H22N2. The number of nitrogens with two attached hydrogens (primary N) is 1. The minimum atomic E-state index is 0.342. The van der Waals surface area contributed by atoms with Gasteiger partial charge in [-0.05, 0) is 32.1 Å². The van der Waals surface area contributed by atoms with E-state index in [1.807, 2.05) is 0 Å². The van der Waals surface area contributed by atoms with E-state index in [9.17, 15) is 0 Å². The fourth-order valence-electron chi connectivity index (χ4n) is 1.75. The number of hydrogen-bond acceptors (Lipinski definition) is 2. The average Bonchev–Trinajstić information content (AvgIpc) is 2.03. The molecule has 0 aromatic carbocycles. The minimum Gasteiger partial charge on any atom is -0.327 e. The van der Waals surface area contributed by atoms with Gasteiger partial charge in [0.15, 0.2) is 0 Å². The van der Waals surface area contributed by atoms with Crippen molar-refractivity contribution in [3.8, 4) is 0 Å². The SMILES string of the molecule is CCC(N)CNC1(CC)CCC1. The van der Waals surface area contributed by atoms with Crippen LogP contribution in [0.25, 0.3) is 0 Å². The van der Waals surface area contributed by atoms with Crippen LogP contribution < -0.4 is 11.1 Å². The van der Waals surface area contributed by atoms with E-state index in [2.05, 4.69) is 19.2 Å². The molecule has 0 aliphatic heterocycles. The predicted octanol–water partition coefficient (Wildman–Crippen LogP) is 1.65. The van der Waals surface area contributed by atoms with Gasteiger partial charge in [-0.1, -0.05) is 13.8 Å². The monoisotopic (exact) mass is 170 g/mol. The minimum absolute atomic E-state index is 0.342. The molecule has 1 atom stereocenters. The molecular weight excluding hydrogens is 148 g/mol. The first-order chi connectivity index (χ1) is 5.72. The van der Waals surface area contributed by atoms with Crippen LogP contribution in [0.5, 0.6) is 0 Å². The van der Waals surface area contributed by atoms with E-state index in [0.29, 0.717) is 11.6 Å². The summed E-state index contributed by atoms with van der Waals surface area (Å²) >= 11 is 0. The summed E-state index contributed by atoms with van der Waals surface area (Å²) in [6.07, 6.45) is 6.41. The van der Waals surface area contributed by atoms with Crippen molar-refractivity contribution in [2.45, 2.75) is 57.5 Å². The van der Waals surface area contributed by atoms with Gasteiger partial charge in [-0.25, -0.2) is 0 Å². The zero-order valence-electron chi connectivity index (χ0n) is 8.40. The Bertz CT molecular complexity index is 124. The highest BCUT2D eigenvalue weighted by Crippen LogP contribution is 2.34. The predicted molar refractivity (Wildman–Crippen MR) is 53.1 cm³/mol. The highest BCUT2D eigenvalue weighted by atomic mass is 15.0. The van der Waals surface area contributed by atoms with Crippen molar-refractivity contribution in [2.75, 3.05) is 6.54 Å². The number of rotatable bonds is 5. The fourth-order valence-corrected chi connectivity index (χ4v) is 1.75. The maximum atomic E-state index is 5.85. The van der Waals surface area contributed by atoms with Crippen molar-refractivity contribution in [1.82, 2.24) is 5.32 Å². The van der Waals surface area contributed by atoms with Gasteiger partial charge in [0.2, 0.25) is 0 Å². The second-order valence-electron chi connectivity index (χ2n) is 4.04. The summed E-state index contributed by atoms with van der Waals surface area (Å²) in [6, 6.07) is 0.342. The summed E-state index contributed by atoms with van der Waals surface area (Å²) in [4.78, 5) is 0. The van der Waals surface area contributed by atoms with Crippen molar-refractivity contribution in [1.29, 1.82) is 0 Å².